The van der Waals surface area contributed by atoms with Crippen molar-refractivity contribution < 1.29 is 9.53 Å². The quantitative estimate of drug-likeness (QED) is 0.611. The molecule has 0 atom stereocenters. The maximum Gasteiger partial charge on any atom is 0.234 e. The molecule has 1 heterocycles. The molecule has 2 aliphatic rings. The number of amides is 1. The predicted molar refractivity (Wildman–Crippen MR) is 130 cm³/mol. The fraction of sp³-hybridized carbons (Fsp3) is 0.375. The van der Waals surface area contributed by atoms with E-state index in [1.807, 2.05) is 0 Å². The fourth-order valence-electron chi connectivity index (χ4n) is 3.94. The minimum Gasteiger partial charge on any atom is -0.495 e. The zero-order valence-corrected chi connectivity index (χ0v) is 19.4. The van der Waals surface area contributed by atoms with Crippen LogP contribution in [0.4, 0.5) is 5.69 Å². The number of rotatable bonds is 5. The van der Waals surface area contributed by atoms with Gasteiger partial charge in [-0.1, -0.05) is 59.6 Å². The van der Waals surface area contributed by atoms with Crippen LogP contribution in [0.1, 0.15) is 43.2 Å². The molecule has 1 amide bonds. The lowest BCUT2D eigenvalue weighted by Gasteiger charge is -2.27. The van der Waals surface area contributed by atoms with Gasteiger partial charge in [-0.3, -0.25) is 9.79 Å². The van der Waals surface area contributed by atoms with E-state index in [4.69, 9.17) is 26.3 Å². The fourth-order valence-corrected chi connectivity index (χ4v) is 5.07. The number of benzene rings is 2. The van der Waals surface area contributed by atoms with E-state index < -0.39 is 0 Å². The second-order valence-electron chi connectivity index (χ2n) is 7.97. The smallest absolute Gasteiger partial charge is 0.234 e. The van der Waals surface area contributed by atoms with Gasteiger partial charge in [-0.05, 0) is 50.8 Å². The third-order valence-corrected chi connectivity index (χ3v) is 6.85. The molecule has 162 valence electrons. The summed E-state index contributed by atoms with van der Waals surface area (Å²) in [5.41, 5.74) is 3.47. The molecule has 1 spiro atoms. The molecule has 1 aliphatic carbocycles. The van der Waals surface area contributed by atoms with Gasteiger partial charge in [0.15, 0.2) is 5.66 Å². The summed E-state index contributed by atoms with van der Waals surface area (Å²) in [6.07, 6.45) is 5.48. The summed E-state index contributed by atoms with van der Waals surface area (Å²) in [6, 6.07) is 13.6. The van der Waals surface area contributed by atoms with E-state index >= 15 is 0 Å². The average molecular weight is 456 g/mol. The van der Waals surface area contributed by atoms with E-state index in [2.05, 4.69) is 36.5 Å². The van der Waals surface area contributed by atoms with Gasteiger partial charge in [0.1, 0.15) is 10.8 Å². The molecule has 0 radical (unpaired) electrons. The Morgan fingerprint density at radius 3 is 2.55 bits per heavy atom. The first-order valence-electron chi connectivity index (χ1n) is 10.5. The number of halogens is 1. The van der Waals surface area contributed by atoms with Gasteiger partial charge in [0.2, 0.25) is 5.91 Å². The van der Waals surface area contributed by atoms with E-state index in [-0.39, 0.29) is 17.3 Å². The van der Waals surface area contributed by atoms with Crippen molar-refractivity contribution in [3.05, 3.63) is 58.6 Å². The number of anilines is 1. The highest BCUT2D eigenvalue weighted by molar-refractivity contribution is 8.16. The van der Waals surface area contributed by atoms with Crippen LogP contribution in [-0.2, 0) is 4.79 Å². The number of nitrogens with one attached hydrogen (secondary N) is 1. The van der Waals surface area contributed by atoms with Gasteiger partial charge in [0.25, 0.3) is 0 Å². The third-order valence-electron chi connectivity index (χ3n) is 5.59. The van der Waals surface area contributed by atoms with Crippen LogP contribution in [0.2, 0.25) is 5.02 Å². The van der Waals surface area contributed by atoms with Gasteiger partial charge in [0.05, 0.1) is 23.6 Å². The van der Waals surface area contributed by atoms with Gasteiger partial charge in [-0.2, -0.15) is 0 Å². The largest absolute Gasteiger partial charge is 0.495 e. The highest BCUT2D eigenvalue weighted by Crippen LogP contribution is 2.38. The molecule has 1 fully saturated rings. The van der Waals surface area contributed by atoms with Crippen molar-refractivity contribution in [2.24, 2.45) is 9.98 Å². The summed E-state index contributed by atoms with van der Waals surface area (Å²) in [7, 11) is 1.56. The molecule has 1 N–H and O–H groups in total. The highest BCUT2D eigenvalue weighted by Gasteiger charge is 2.37. The summed E-state index contributed by atoms with van der Waals surface area (Å²) >= 11 is 7.61. The standard InChI is InChI=1S/C24H26ClN3O2S/c1-16-6-8-17(9-7-16)22-23(28-24(27-22)12-4-3-5-13-24)31-15-21(29)26-18-10-11-20(30-2)19(25)14-18/h6-11,14H,3-5,12-13,15H2,1-2H3,(H,26,29). The van der Waals surface area contributed by atoms with E-state index in [0.717, 1.165) is 42.0 Å². The van der Waals surface area contributed by atoms with Crippen LogP contribution in [0.15, 0.2) is 52.4 Å². The molecular weight excluding hydrogens is 430 g/mol. The second-order valence-corrected chi connectivity index (χ2v) is 9.34. The number of hydrogen-bond donors (Lipinski definition) is 1. The second kappa shape index (κ2) is 9.45. The molecule has 0 saturated heterocycles. The predicted octanol–water partition coefficient (Wildman–Crippen LogP) is 5.89. The van der Waals surface area contributed by atoms with E-state index in [9.17, 15) is 4.79 Å². The first-order valence-corrected chi connectivity index (χ1v) is 11.9. The van der Waals surface area contributed by atoms with Crippen LogP contribution in [-0.4, -0.2) is 35.2 Å². The minimum absolute atomic E-state index is 0.109. The van der Waals surface area contributed by atoms with Gasteiger partial charge in [-0.15, -0.1) is 0 Å². The maximum atomic E-state index is 12.6. The van der Waals surface area contributed by atoms with Crippen molar-refractivity contribution in [1.29, 1.82) is 0 Å². The van der Waals surface area contributed by atoms with Crippen molar-refractivity contribution in [1.82, 2.24) is 0 Å². The van der Waals surface area contributed by atoms with E-state index in [0.29, 0.717) is 16.5 Å². The maximum absolute atomic E-state index is 12.6. The normalized spacial score (nSPS) is 17.3. The molecule has 31 heavy (non-hydrogen) atoms. The molecule has 1 saturated carbocycles. The summed E-state index contributed by atoms with van der Waals surface area (Å²) in [6.45, 7) is 2.07. The number of nitrogens with zero attached hydrogens (tertiary/aromatic N) is 2. The number of ether oxygens (including phenoxy) is 1. The number of hydrogen-bond acceptors (Lipinski definition) is 5. The molecule has 0 unspecified atom stereocenters. The first-order chi connectivity index (χ1) is 15.0. The first kappa shape index (κ1) is 21.9. The van der Waals surface area contributed by atoms with Gasteiger partial charge < -0.3 is 10.1 Å². The number of thioether (sulfide) groups is 1. The number of carbonyl (C=O) groups is 1. The zero-order valence-electron chi connectivity index (χ0n) is 17.8. The Kier molecular flexibility index (Phi) is 6.68. The Hall–Kier alpha value is -2.31. The Bertz CT molecular complexity index is 1030. The summed E-state index contributed by atoms with van der Waals surface area (Å²) in [4.78, 5) is 22.7. The van der Waals surface area contributed by atoms with Crippen molar-refractivity contribution in [3.63, 3.8) is 0 Å². The molecule has 4 rings (SSSR count). The van der Waals surface area contributed by atoms with Crippen LogP contribution in [0.5, 0.6) is 5.75 Å². The van der Waals surface area contributed by atoms with Crippen molar-refractivity contribution >= 4 is 45.7 Å². The van der Waals surface area contributed by atoms with Crippen LogP contribution >= 0.6 is 23.4 Å². The highest BCUT2D eigenvalue weighted by atomic mass is 35.5. The Morgan fingerprint density at radius 2 is 1.87 bits per heavy atom. The minimum atomic E-state index is -0.346. The summed E-state index contributed by atoms with van der Waals surface area (Å²) in [5, 5.41) is 4.21. The molecule has 0 aromatic heterocycles. The molecule has 2 aromatic carbocycles. The molecular formula is C24H26ClN3O2S. The van der Waals surface area contributed by atoms with Crippen molar-refractivity contribution in [2.45, 2.75) is 44.7 Å². The monoisotopic (exact) mass is 455 g/mol. The summed E-state index contributed by atoms with van der Waals surface area (Å²) in [5.74, 6) is 0.719. The van der Waals surface area contributed by atoms with Crippen molar-refractivity contribution in [3.8, 4) is 5.75 Å². The Morgan fingerprint density at radius 1 is 1.13 bits per heavy atom. The van der Waals surface area contributed by atoms with Crippen LogP contribution in [0.25, 0.3) is 0 Å². The molecule has 1 aliphatic heterocycles. The SMILES string of the molecule is COc1ccc(NC(=O)CSC2=NC3(CCCCC3)N=C2c2ccc(C)cc2)cc1Cl. The Labute approximate surface area is 192 Å². The van der Waals surface area contributed by atoms with Gasteiger partial charge in [0, 0.05) is 11.3 Å². The molecule has 5 nitrogen and oxygen atoms in total. The number of methoxy groups -OCH3 is 1. The van der Waals surface area contributed by atoms with E-state index in [1.54, 1.807) is 25.3 Å². The molecule has 0 bridgehead atoms. The van der Waals surface area contributed by atoms with Gasteiger partial charge >= 0.3 is 0 Å². The van der Waals surface area contributed by atoms with Crippen LogP contribution in [0.3, 0.4) is 0 Å². The van der Waals surface area contributed by atoms with Crippen LogP contribution in [0, 0.1) is 6.92 Å². The Balaban J connectivity index is 1.48. The lowest BCUT2D eigenvalue weighted by molar-refractivity contribution is -0.113. The summed E-state index contributed by atoms with van der Waals surface area (Å²) < 4.78 is 5.16. The lowest BCUT2D eigenvalue weighted by Crippen LogP contribution is -2.25. The number of aliphatic imine (C=N–C) groups is 2. The molecule has 2 aromatic rings. The third kappa shape index (κ3) is 5.13. The average Bonchev–Trinajstić information content (AvgIpc) is 3.11. The zero-order chi connectivity index (χ0) is 21.8. The van der Waals surface area contributed by atoms with Gasteiger partial charge in [-0.25, -0.2) is 4.99 Å². The molecule has 7 heteroatoms. The van der Waals surface area contributed by atoms with Crippen molar-refractivity contribution in [2.75, 3.05) is 18.2 Å². The van der Waals surface area contributed by atoms with E-state index in [1.165, 1.54) is 23.7 Å². The number of aryl methyl sites for hydroxylation is 1. The topological polar surface area (TPSA) is 63.0 Å². The lowest BCUT2D eigenvalue weighted by atomic mass is 9.90. The van der Waals surface area contributed by atoms with Crippen LogP contribution < -0.4 is 10.1 Å². The number of carbonyl (C=O) groups excluding carboxylic acids is 1.